The number of hydrogen-bond donors (Lipinski definition) is 0. The van der Waals surface area contributed by atoms with E-state index in [0.717, 1.165) is 33.1 Å². The maximum Gasteiger partial charge on any atom is 0.123 e. The second kappa shape index (κ2) is 5.66. The molecule has 106 valence electrons. The fourth-order valence-electron chi connectivity index (χ4n) is 2.07. The quantitative estimate of drug-likeness (QED) is 0.626. The number of aryl methyl sites for hydroxylation is 2. The highest BCUT2D eigenvalue weighted by Crippen LogP contribution is 2.30. The summed E-state index contributed by atoms with van der Waals surface area (Å²) in [5, 5.41) is 1.03. The largest absolute Gasteiger partial charge is 0.472 e. The molecule has 3 aromatic rings. The van der Waals surface area contributed by atoms with E-state index >= 15 is 0 Å². The average molecular weight is 296 g/mol. The van der Waals surface area contributed by atoms with Gasteiger partial charge in [0.1, 0.15) is 5.01 Å². The molecule has 0 bridgehead atoms. The van der Waals surface area contributed by atoms with E-state index in [9.17, 15) is 0 Å². The monoisotopic (exact) mass is 296 g/mol. The Kier molecular flexibility index (Phi) is 3.71. The Morgan fingerprint density at radius 2 is 2.10 bits per heavy atom. The van der Waals surface area contributed by atoms with Crippen molar-refractivity contribution in [3.63, 3.8) is 0 Å². The van der Waals surface area contributed by atoms with Gasteiger partial charge in [-0.25, -0.2) is 4.98 Å². The molecule has 2 heterocycles. The second-order valence-electron chi connectivity index (χ2n) is 4.99. The lowest BCUT2D eigenvalue weighted by atomic mass is 10.1. The Bertz CT molecular complexity index is 785. The molecule has 0 spiro atoms. The van der Waals surface area contributed by atoms with E-state index < -0.39 is 0 Å². The molecule has 0 amide bonds. The van der Waals surface area contributed by atoms with Gasteiger partial charge in [0.05, 0.1) is 18.2 Å². The Hall–Kier alpha value is -2.20. The third-order valence-electron chi connectivity index (χ3n) is 3.30. The Morgan fingerprint density at radius 3 is 2.76 bits per heavy atom. The molecular weight excluding hydrogens is 280 g/mol. The van der Waals surface area contributed by atoms with E-state index in [1.54, 1.807) is 23.9 Å². The van der Waals surface area contributed by atoms with Crippen LogP contribution >= 0.6 is 11.3 Å². The predicted molar refractivity (Wildman–Crippen MR) is 87.6 cm³/mol. The SMILES string of the molecule is CC(=Nc1cc(-c2ncc(C)s2)ccc1C)c1ccoc1. The molecule has 0 atom stereocenters. The number of thiazole rings is 1. The van der Waals surface area contributed by atoms with E-state index in [1.807, 2.05) is 19.2 Å². The number of nitrogens with zero attached hydrogens (tertiary/aromatic N) is 2. The lowest BCUT2D eigenvalue weighted by molar-refractivity contribution is 0.567. The molecule has 0 unspecified atom stereocenters. The zero-order chi connectivity index (χ0) is 14.8. The molecular formula is C17H16N2OS. The number of benzene rings is 1. The van der Waals surface area contributed by atoms with Crippen molar-refractivity contribution in [3.05, 3.63) is 59.0 Å². The van der Waals surface area contributed by atoms with Gasteiger partial charge in [0.2, 0.25) is 0 Å². The number of rotatable bonds is 3. The van der Waals surface area contributed by atoms with Crippen molar-refractivity contribution in [1.82, 2.24) is 4.98 Å². The van der Waals surface area contributed by atoms with E-state index in [-0.39, 0.29) is 0 Å². The maximum absolute atomic E-state index is 5.11. The summed E-state index contributed by atoms with van der Waals surface area (Å²) in [6.07, 6.45) is 5.28. The summed E-state index contributed by atoms with van der Waals surface area (Å²) in [6.45, 7) is 6.13. The van der Waals surface area contributed by atoms with Crippen LogP contribution in [0.5, 0.6) is 0 Å². The highest BCUT2D eigenvalue weighted by molar-refractivity contribution is 7.14. The third kappa shape index (κ3) is 2.95. The molecule has 0 radical (unpaired) electrons. The third-order valence-corrected chi connectivity index (χ3v) is 4.27. The van der Waals surface area contributed by atoms with Crippen LogP contribution in [0.3, 0.4) is 0 Å². The normalized spacial score (nSPS) is 11.9. The lowest BCUT2D eigenvalue weighted by Crippen LogP contribution is -1.91. The minimum Gasteiger partial charge on any atom is -0.472 e. The molecule has 0 fully saturated rings. The fourth-order valence-corrected chi connectivity index (χ4v) is 2.83. The number of aromatic nitrogens is 1. The first-order valence-corrected chi connectivity index (χ1v) is 7.56. The first-order valence-electron chi connectivity index (χ1n) is 6.75. The molecule has 0 saturated heterocycles. The van der Waals surface area contributed by atoms with Crippen LogP contribution in [-0.2, 0) is 0 Å². The van der Waals surface area contributed by atoms with E-state index in [2.05, 4.69) is 37.0 Å². The first kappa shape index (κ1) is 13.8. The van der Waals surface area contributed by atoms with E-state index in [1.165, 1.54) is 4.88 Å². The second-order valence-corrected chi connectivity index (χ2v) is 6.22. The van der Waals surface area contributed by atoms with Crippen molar-refractivity contribution >= 4 is 22.7 Å². The standard InChI is InChI=1S/C17H16N2OS/c1-11-4-5-14(17-18-9-12(2)21-17)8-16(11)19-13(3)15-6-7-20-10-15/h4-10H,1-3H3. The summed E-state index contributed by atoms with van der Waals surface area (Å²) < 4.78 is 5.11. The van der Waals surface area contributed by atoms with Crippen LogP contribution in [0.25, 0.3) is 10.6 Å². The Balaban J connectivity index is 2.01. The van der Waals surface area contributed by atoms with Gasteiger partial charge in [-0.2, -0.15) is 0 Å². The van der Waals surface area contributed by atoms with Gasteiger partial charge in [0.25, 0.3) is 0 Å². The molecule has 4 heteroatoms. The molecule has 0 aliphatic carbocycles. The molecule has 0 saturated carbocycles. The Labute approximate surface area is 128 Å². The smallest absolute Gasteiger partial charge is 0.123 e. The first-order chi connectivity index (χ1) is 10.1. The lowest BCUT2D eigenvalue weighted by Gasteiger charge is -2.05. The topological polar surface area (TPSA) is 38.4 Å². The molecule has 0 aliphatic heterocycles. The fraction of sp³-hybridized carbons (Fsp3) is 0.176. The van der Waals surface area contributed by atoms with E-state index in [4.69, 9.17) is 9.41 Å². The molecule has 0 N–H and O–H groups in total. The number of hydrogen-bond acceptors (Lipinski definition) is 4. The van der Waals surface area contributed by atoms with Crippen molar-refractivity contribution in [1.29, 1.82) is 0 Å². The average Bonchev–Trinajstić information content (AvgIpc) is 3.12. The molecule has 3 rings (SSSR count). The van der Waals surface area contributed by atoms with Gasteiger partial charge in [-0.05, 0) is 38.5 Å². The van der Waals surface area contributed by atoms with Gasteiger partial charge in [0.15, 0.2) is 0 Å². The van der Waals surface area contributed by atoms with Crippen molar-refractivity contribution in [2.24, 2.45) is 4.99 Å². The van der Waals surface area contributed by atoms with Gasteiger partial charge < -0.3 is 4.42 Å². The van der Waals surface area contributed by atoms with Crippen molar-refractivity contribution in [2.45, 2.75) is 20.8 Å². The predicted octanol–water partition coefficient (Wildman–Crippen LogP) is 5.16. The van der Waals surface area contributed by atoms with Crippen LogP contribution in [0.4, 0.5) is 5.69 Å². The minimum atomic E-state index is 0.944. The van der Waals surface area contributed by atoms with Crippen LogP contribution in [-0.4, -0.2) is 10.7 Å². The highest BCUT2D eigenvalue weighted by Gasteiger charge is 2.07. The molecule has 21 heavy (non-hydrogen) atoms. The molecule has 3 nitrogen and oxygen atoms in total. The van der Waals surface area contributed by atoms with Gasteiger partial charge in [0, 0.05) is 27.9 Å². The highest BCUT2D eigenvalue weighted by atomic mass is 32.1. The van der Waals surface area contributed by atoms with Gasteiger partial charge >= 0.3 is 0 Å². The van der Waals surface area contributed by atoms with Crippen molar-refractivity contribution in [2.75, 3.05) is 0 Å². The van der Waals surface area contributed by atoms with Crippen LogP contribution < -0.4 is 0 Å². The molecule has 1 aromatic carbocycles. The van der Waals surface area contributed by atoms with Gasteiger partial charge in [-0.3, -0.25) is 4.99 Å². The molecule has 2 aromatic heterocycles. The summed E-state index contributed by atoms with van der Waals surface area (Å²) in [5.41, 5.74) is 5.18. The molecule has 0 aliphatic rings. The summed E-state index contributed by atoms with van der Waals surface area (Å²) in [7, 11) is 0. The van der Waals surface area contributed by atoms with Crippen LogP contribution in [0, 0.1) is 13.8 Å². The maximum atomic E-state index is 5.11. The van der Waals surface area contributed by atoms with Crippen molar-refractivity contribution in [3.8, 4) is 10.6 Å². The number of furan rings is 1. The summed E-state index contributed by atoms with van der Waals surface area (Å²) in [4.78, 5) is 10.4. The zero-order valence-corrected chi connectivity index (χ0v) is 13.1. The summed E-state index contributed by atoms with van der Waals surface area (Å²) in [6, 6.07) is 8.20. The van der Waals surface area contributed by atoms with Gasteiger partial charge in [-0.15, -0.1) is 11.3 Å². The van der Waals surface area contributed by atoms with Crippen LogP contribution in [0.2, 0.25) is 0 Å². The summed E-state index contributed by atoms with van der Waals surface area (Å²) in [5.74, 6) is 0. The summed E-state index contributed by atoms with van der Waals surface area (Å²) >= 11 is 1.70. The zero-order valence-electron chi connectivity index (χ0n) is 12.3. The van der Waals surface area contributed by atoms with E-state index in [0.29, 0.717) is 0 Å². The van der Waals surface area contributed by atoms with Gasteiger partial charge in [-0.1, -0.05) is 12.1 Å². The van der Waals surface area contributed by atoms with Crippen LogP contribution in [0.1, 0.15) is 22.9 Å². The van der Waals surface area contributed by atoms with Crippen LogP contribution in [0.15, 0.2) is 52.4 Å². The minimum absolute atomic E-state index is 0.944. The number of aliphatic imine (C=N–C) groups is 1. The Morgan fingerprint density at radius 1 is 1.24 bits per heavy atom. The van der Waals surface area contributed by atoms with Crippen molar-refractivity contribution < 1.29 is 4.42 Å².